The quantitative estimate of drug-likeness (QED) is 0.0222. The number of esters is 4. The van der Waals surface area contributed by atoms with Crippen LogP contribution in [-0.4, -0.2) is 96.7 Å². The number of hydrogen-bond acceptors (Lipinski definition) is 15. The summed E-state index contributed by atoms with van der Waals surface area (Å²) in [5.74, 6) is -1.30. The Morgan fingerprint density at radius 1 is 0.300 bits per heavy atom. The number of unbranched alkanes of at least 4 members (excludes halogenated alkanes) is 43. The van der Waals surface area contributed by atoms with E-state index in [4.69, 9.17) is 37.0 Å². The number of phosphoric ester groups is 2. The van der Waals surface area contributed by atoms with Gasteiger partial charge in [0.2, 0.25) is 0 Å². The maximum atomic E-state index is 13.0. The highest BCUT2D eigenvalue weighted by atomic mass is 31.2. The van der Waals surface area contributed by atoms with Crippen LogP contribution in [0.15, 0.2) is 0 Å². The van der Waals surface area contributed by atoms with Crippen LogP contribution in [0.2, 0.25) is 0 Å². The minimum Gasteiger partial charge on any atom is -0.462 e. The summed E-state index contributed by atoms with van der Waals surface area (Å²) in [7, 11) is -9.89. The lowest BCUT2D eigenvalue weighted by Crippen LogP contribution is -2.30. The molecule has 0 amide bonds. The number of carbonyl (C=O) groups is 4. The fourth-order valence-corrected chi connectivity index (χ4v) is 12.4. The van der Waals surface area contributed by atoms with Gasteiger partial charge < -0.3 is 33.8 Å². The van der Waals surface area contributed by atoms with Gasteiger partial charge in [0.15, 0.2) is 12.2 Å². The highest BCUT2D eigenvalue weighted by Crippen LogP contribution is 2.45. The van der Waals surface area contributed by atoms with Crippen molar-refractivity contribution >= 4 is 39.5 Å². The number of aliphatic hydroxyl groups is 1. The van der Waals surface area contributed by atoms with Crippen molar-refractivity contribution in [2.75, 3.05) is 39.6 Å². The molecule has 90 heavy (non-hydrogen) atoms. The van der Waals surface area contributed by atoms with Crippen molar-refractivity contribution in [2.24, 2.45) is 5.92 Å². The first kappa shape index (κ1) is 88.1. The number of hydrogen-bond donors (Lipinski definition) is 3. The lowest BCUT2D eigenvalue weighted by molar-refractivity contribution is -0.161. The molecule has 0 bridgehead atoms. The number of phosphoric acid groups is 2. The smallest absolute Gasteiger partial charge is 0.462 e. The largest absolute Gasteiger partial charge is 0.472 e. The molecule has 0 heterocycles. The second-order valence-electron chi connectivity index (χ2n) is 26.1. The first-order valence-electron chi connectivity index (χ1n) is 37.1. The van der Waals surface area contributed by atoms with Gasteiger partial charge in [-0.05, 0) is 31.6 Å². The predicted octanol–water partition coefficient (Wildman–Crippen LogP) is 20.5. The van der Waals surface area contributed by atoms with Gasteiger partial charge in [0, 0.05) is 25.7 Å². The van der Waals surface area contributed by atoms with Crippen LogP contribution in [0.5, 0.6) is 0 Å². The zero-order valence-corrected chi connectivity index (χ0v) is 60.1. The molecule has 0 radical (unpaired) electrons. The van der Waals surface area contributed by atoms with Crippen molar-refractivity contribution in [1.82, 2.24) is 0 Å². The van der Waals surface area contributed by atoms with Crippen molar-refractivity contribution < 1.29 is 80.2 Å². The Bertz CT molecular complexity index is 1740. The molecule has 0 aliphatic rings. The van der Waals surface area contributed by atoms with Gasteiger partial charge in [-0.1, -0.05) is 317 Å². The molecule has 0 aromatic rings. The van der Waals surface area contributed by atoms with Gasteiger partial charge in [-0.3, -0.25) is 37.3 Å². The van der Waals surface area contributed by atoms with Crippen molar-refractivity contribution in [3.05, 3.63) is 0 Å². The molecule has 0 spiro atoms. The minimum absolute atomic E-state index is 0.107. The standard InChI is InChI=1S/C71H138O17P2/c1-6-9-12-15-18-21-35-40-45-50-55-69(74)82-61-67(88-71(76)57-52-47-42-37-32-30-28-26-24-23-25-27-29-31-34-38-43-48-53-64(4)5)63-86-90(79,80)84-59-65(72)58-83-89(77,78)85-62-66(60-81-68(73)54-49-44-39-33-20-17-14-11-8-3)87-70(75)56-51-46-41-36-22-19-16-13-10-7-2/h64-67,72H,6-63H2,1-5H3,(H,77,78)(H,79,80)/t65-,66+,67+/m0/s1. The second kappa shape index (κ2) is 64.4. The van der Waals surface area contributed by atoms with Gasteiger partial charge in [0.25, 0.3) is 0 Å². The Hall–Kier alpha value is -1.94. The van der Waals surface area contributed by atoms with E-state index >= 15 is 0 Å². The summed E-state index contributed by atoms with van der Waals surface area (Å²) in [4.78, 5) is 72.4. The summed E-state index contributed by atoms with van der Waals surface area (Å²) < 4.78 is 68.2. The molecule has 3 N–H and O–H groups in total. The average Bonchev–Trinajstić information content (AvgIpc) is 3.28. The van der Waals surface area contributed by atoms with Gasteiger partial charge in [0.1, 0.15) is 19.3 Å². The minimum atomic E-state index is -4.95. The maximum Gasteiger partial charge on any atom is 0.472 e. The number of rotatable bonds is 71. The van der Waals surface area contributed by atoms with E-state index in [1.807, 2.05) is 0 Å². The van der Waals surface area contributed by atoms with Crippen LogP contribution in [0, 0.1) is 5.92 Å². The third-order valence-electron chi connectivity index (χ3n) is 16.5. The summed E-state index contributed by atoms with van der Waals surface area (Å²) in [5, 5.41) is 10.6. The van der Waals surface area contributed by atoms with E-state index in [-0.39, 0.29) is 25.7 Å². The molecule has 0 fully saturated rings. The Labute approximate surface area is 549 Å². The molecule has 534 valence electrons. The highest BCUT2D eigenvalue weighted by Gasteiger charge is 2.30. The van der Waals surface area contributed by atoms with Gasteiger partial charge >= 0.3 is 39.5 Å². The van der Waals surface area contributed by atoms with E-state index in [9.17, 15) is 43.2 Å². The molecule has 0 saturated carbocycles. The molecular weight excluding hydrogens is 1190 g/mol. The van der Waals surface area contributed by atoms with Gasteiger partial charge in [-0.25, -0.2) is 9.13 Å². The summed E-state index contributed by atoms with van der Waals surface area (Å²) in [6, 6.07) is 0. The SMILES string of the molecule is CCCCCCCCCCCCC(=O)OC[C@H](COP(=O)(O)OC[C@@H](O)COP(=O)(O)OC[C@@H](COC(=O)CCCCCCCCCCC)OC(=O)CCCCCCCCCCCC)OC(=O)CCCCCCCCCCCCCCCCCCCCC(C)C. The zero-order chi connectivity index (χ0) is 66.3. The van der Waals surface area contributed by atoms with E-state index < -0.39 is 97.5 Å². The predicted molar refractivity (Wildman–Crippen MR) is 363 cm³/mol. The van der Waals surface area contributed by atoms with Crippen LogP contribution in [0.1, 0.15) is 369 Å². The molecule has 0 rings (SSSR count). The molecule has 0 aliphatic heterocycles. The number of carbonyl (C=O) groups excluding carboxylic acids is 4. The Balaban J connectivity index is 5.13. The first-order chi connectivity index (χ1) is 43.5. The van der Waals surface area contributed by atoms with Crippen molar-refractivity contribution in [1.29, 1.82) is 0 Å². The molecule has 0 aromatic carbocycles. The van der Waals surface area contributed by atoms with Crippen molar-refractivity contribution in [3.63, 3.8) is 0 Å². The van der Waals surface area contributed by atoms with Crippen LogP contribution in [0.4, 0.5) is 0 Å². The van der Waals surface area contributed by atoms with Crippen LogP contribution in [-0.2, 0) is 65.4 Å². The number of aliphatic hydroxyl groups excluding tert-OH is 1. The molecule has 5 atom stereocenters. The fraction of sp³-hybridized carbons (Fsp3) is 0.944. The highest BCUT2D eigenvalue weighted by molar-refractivity contribution is 7.47. The topological polar surface area (TPSA) is 237 Å². The van der Waals surface area contributed by atoms with E-state index in [0.717, 1.165) is 95.8 Å². The summed E-state index contributed by atoms with van der Waals surface area (Å²) >= 11 is 0. The van der Waals surface area contributed by atoms with Crippen LogP contribution in [0.25, 0.3) is 0 Å². The average molecular weight is 1330 g/mol. The number of ether oxygens (including phenoxy) is 4. The normalized spacial score (nSPS) is 14.1. The molecular formula is C71H138O17P2. The summed E-state index contributed by atoms with van der Waals surface area (Å²) in [5.41, 5.74) is 0. The van der Waals surface area contributed by atoms with Crippen molar-refractivity contribution in [2.45, 2.75) is 387 Å². The van der Waals surface area contributed by atoms with E-state index in [0.29, 0.717) is 25.7 Å². The molecule has 2 unspecified atom stereocenters. The third kappa shape index (κ3) is 64.8. The summed E-state index contributed by atoms with van der Waals surface area (Å²) in [6.07, 6.45) is 51.4. The zero-order valence-electron chi connectivity index (χ0n) is 58.3. The van der Waals surface area contributed by atoms with Gasteiger partial charge in [0.05, 0.1) is 26.4 Å². The second-order valence-corrected chi connectivity index (χ2v) is 29.0. The first-order valence-corrected chi connectivity index (χ1v) is 40.1. The van der Waals surface area contributed by atoms with E-state index in [2.05, 4.69) is 34.6 Å². The Morgan fingerprint density at radius 3 is 0.756 bits per heavy atom. The van der Waals surface area contributed by atoms with Gasteiger partial charge in [-0.2, -0.15) is 0 Å². The summed E-state index contributed by atoms with van der Waals surface area (Å²) in [6.45, 7) is 7.25. The van der Waals surface area contributed by atoms with E-state index in [1.165, 1.54) is 193 Å². The lowest BCUT2D eigenvalue weighted by atomic mass is 10.0. The van der Waals surface area contributed by atoms with Gasteiger partial charge in [-0.15, -0.1) is 0 Å². The monoisotopic (exact) mass is 1320 g/mol. The maximum absolute atomic E-state index is 13.0. The molecule has 17 nitrogen and oxygen atoms in total. The molecule has 0 saturated heterocycles. The molecule has 19 heteroatoms. The molecule has 0 aromatic heterocycles. The molecule has 0 aliphatic carbocycles. The third-order valence-corrected chi connectivity index (χ3v) is 18.4. The van der Waals surface area contributed by atoms with Crippen molar-refractivity contribution in [3.8, 4) is 0 Å². The van der Waals surface area contributed by atoms with E-state index in [1.54, 1.807) is 0 Å². The fourth-order valence-electron chi connectivity index (χ4n) is 10.8. The Morgan fingerprint density at radius 2 is 0.511 bits per heavy atom. The van der Waals surface area contributed by atoms with Crippen LogP contribution >= 0.6 is 15.6 Å². The Kier molecular flexibility index (Phi) is 63.0. The lowest BCUT2D eigenvalue weighted by Gasteiger charge is -2.21. The van der Waals surface area contributed by atoms with Crippen LogP contribution in [0.3, 0.4) is 0 Å². The van der Waals surface area contributed by atoms with Crippen LogP contribution < -0.4 is 0 Å².